The van der Waals surface area contributed by atoms with Gasteiger partial charge >= 0.3 is 92.7 Å². The molecule has 0 N–H and O–H groups in total. The molecule has 14 heavy (non-hydrogen) atoms. The van der Waals surface area contributed by atoms with E-state index in [4.69, 9.17) is 0 Å². The maximum atomic E-state index is 2.52. The summed E-state index contributed by atoms with van der Waals surface area (Å²) >= 11 is -1.62. The quantitative estimate of drug-likeness (QED) is 0.595. The Morgan fingerprint density at radius 3 is 1.21 bits per heavy atom. The molecule has 86 valence electrons. The van der Waals surface area contributed by atoms with E-state index < -0.39 is 16.1 Å². The van der Waals surface area contributed by atoms with Crippen molar-refractivity contribution in [2.75, 3.05) is 0 Å². The van der Waals surface area contributed by atoms with Crippen LogP contribution in [0.25, 0.3) is 0 Å². The fourth-order valence-corrected chi connectivity index (χ4v) is 8.20. The van der Waals surface area contributed by atoms with Crippen molar-refractivity contribution < 1.29 is 16.1 Å². The van der Waals surface area contributed by atoms with Crippen LogP contribution >= 0.6 is 0 Å². The molecule has 1 heteroatoms. The predicted octanol–water partition coefficient (Wildman–Crippen LogP) is 5.15. The van der Waals surface area contributed by atoms with Gasteiger partial charge in [-0.3, -0.25) is 0 Å². The van der Waals surface area contributed by atoms with Crippen molar-refractivity contribution >= 4 is 0 Å². The molecule has 0 nitrogen and oxygen atoms in total. The van der Waals surface area contributed by atoms with E-state index in [9.17, 15) is 0 Å². The standard InChI is InChI=1S/C10H15.3CH3.Pt/c1-6-7(2)9(4)10(5)8(6)3;;;;/h1-5H3;3*1H3;. The first kappa shape index (κ1) is 12.2. The van der Waals surface area contributed by atoms with Crippen LogP contribution in [0.15, 0.2) is 22.3 Å². The molecule has 0 fully saturated rings. The third-order valence-electron chi connectivity index (χ3n) is 4.00. The van der Waals surface area contributed by atoms with Crippen LogP contribution in [0.5, 0.6) is 0 Å². The van der Waals surface area contributed by atoms with Gasteiger partial charge in [-0.25, -0.2) is 0 Å². The molecule has 0 spiro atoms. The molecular weight excluding hydrogens is 351 g/mol. The van der Waals surface area contributed by atoms with Crippen LogP contribution < -0.4 is 0 Å². The number of allylic oxidation sites excluding steroid dienone is 4. The molecule has 0 bridgehead atoms. The molecule has 0 unspecified atom stereocenters. The van der Waals surface area contributed by atoms with Crippen LogP contribution in [0.4, 0.5) is 0 Å². The van der Waals surface area contributed by atoms with Crippen LogP contribution in [0.1, 0.15) is 34.6 Å². The first-order valence-electron chi connectivity index (χ1n) is 4.86. The molecule has 0 aromatic carbocycles. The molecule has 0 aromatic rings. The number of hydrogen-bond donors (Lipinski definition) is 0. The van der Waals surface area contributed by atoms with Gasteiger partial charge in [0.25, 0.3) is 0 Å². The fraction of sp³-hybridized carbons (Fsp3) is 0.692. The number of hydrogen-bond acceptors (Lipinski definition) is 0. The molecule has 1 aliphatic carbocycles. The van der Waals surface area contributed by atoms with Gasteiger partial charge in [-0.1, -0.05) is 0 Å². The van der Waals surface area contributed by atoms with Crippen molar-refractivity contribution in [3.63, 3.8) is 0 Å². The molecule has 0 radical (unpaired) electrons. The summed E-state index contributed by atoms with van der Waals surface area (Å²) in [5.41, 5.74) is 6.36. The first-order chi connectivity index (χ1) is 6.14. The summed E-state index contributed by atoms with van der Waals surface area (Å²) in [5.74, 6) is 0. The fourth-order valence-electron chi connectivity index (χ4n) is 2.24. The monoisotopic (exact) mass is 375 g/mol. The van der Waals surface area contributed by atoms with Gasteiger partial charge in [0.2, 0.25) is 0 Å². The molecule has 0 atom stereocenters. The van der Waals surface area contributed by atoms with Crippen molar-refractivity contribution in [3.8, 4) is 0 Å². The molecule has 0 aliphatic heterocycles. The van der Waals surface area contributed by atoms with Gasteiger partial charge in [0.15, 0.2) is 0 Å². The van der Waals surface area contributed by atoms with E-state index in [0.717, 1.165) is 0 Å². The number of rotatable bonds is 1. The zero-order valence-corrected chi connectivity index (χ0v) is 13.1. The van der Waals surface area contributed by atoms with E-state index in [1.165, 1.54) is 0 Å². The van der Waals surface area contributed by atoms with Gasteiger partial charge in [-0.2, -0.15) is 0 Å². The summed E-state index contributed by atoms with van der Waals surface area (Å²) in [4.78, 5) is 0. The predicted molar refractivity (Wildman–Crippen MR) is 62.7 cm³/mol. The van der Waals surface area contributed by atoms with Crippen LogP contribution in [0.2, 0.25) is 19.7 Å². The second-order valence-corrected chi connectivity index (χ2v) is 17.4. The van der Waals surface area contributed by atoms with Crippen LogP contribution in [0, 0.1) is 0 Å². The van der Waals surface area contributed by atoms with Crippen molar-refractivity contribution in [3.05, 3.63) is 22.3 Å². The van der Waals surface area contributed by atoms with E-state index in [2.05, 4.69) is 50.6 Å². The Kier molecular flexibility index (Phi) is 2.92. The van der Waals surface area contributed by atoms with Gasteiger partial charge in [0.1, 0.15) is 0 Å². The Bertz CT molecular complexity index is 300. The van der Waals surface area contributed by atoms with Crippen molar-refractivity contribution in [2.45, 2.75) is 54.4 Å². The van der Waals surface area contributed by atoms with E-state index in [-0.39, 0.29) is 0 Å². The maximum absolute atomic E-state index is 2.52. The zero-order valence-electron chi connectivity index (χ0n) is 10.8. The van der Waals surface area contributed by atoms with Gasteiger partial charge < -0.3 is 0 Å². The molecule has 0 heterocycles. The average Bonchev–Trinajstić information content (AvgIpc) is 2.21. The summed E-state index contributed by atoms with van der Waals surface area (Å²) in [6.07, 6.45) is 0. The molecule has 0 amide bonds. The molecule has 1 rings (SSSR count). The first-order valence-corrected chi connectivity index (χ1v) is 12.8. The second kappa shape index (κ2) is 3.34. The molecule has 0 saturated carbocycles. The van der Waals surface area contributed by atoms with Crippen molar-refractivity contribution in [1.29, 1.82) is 0 Å². The van der Waals surface area contributed by atoms with Gasteiger partial charge in [0, 0.05) is 0 Å². The van der Waals surface area contributed by atoms with E-state index in [1.54, 1.807) is 22.3 Å². The Morgan fingerprint density at radius 1 is 0.786 bits per heavy atom. The van der Waals surface area contributed by atoms with Crippen LogP contribution in [-0.4, -0.2) is 0 Å². The average molecular weight is 375 g/mol. The molecular formula is C13H24Pt. The second-order valence-electron chi connectivity index (χ2n) is 4.86. The Hall–Kier alpha value is 0.168. The molecule has 0 aromatic heterocycles. The minimum atomic E-state index is -1.62. The topological polar surface area (TPSA) is 0 Å². The van der Waals surface area contributed by atoms with Crippen LogP contribution in [0.3, 0.4) is 0 Å². The summed E-state index contributed by atoms with van der Waals surface area (Å²) in [6, 6.07) is 0. The van der Waals surface area contributed by atoms with Crippen molar-refractivity contribution in [1.82, 2.24) is 0 Å². The summed E-state index contributed by atoms with van der Waals surface area (Å²) < 4.78 is 0.432. The normalized spacial score (nSPS) is 23.4. The van der Waals surface area contributed by atoms with Gasteiger partial charge in [0.05, 0.1) is 0 Å². The van der Waals surface area contributed by atoms with E-state index >= 15 is 0 Å². The summed E-state index contributed by atoms with van der Waals surface area (Å²) in [7, 11) is 0. The third kappa shape index (κ3) is 1.38. The Morgan fingerprint density at radius 2 is 1.07 bits per heavy atom. The molecule has 1 aliphatic rings. The Balaban J connectivity index is 3.42. The van der Waals surface area contributed by atoms with Crippen molar-refractivity contribution in [2.24, 2.45) is 0 Å². The minimum absolute atomic E-state index is 0.432. The zero-order chi connectivity index (χ0) is 11.3. The van der Waals surface area contributed by atoms with E-state index in [1.807, 2.05) is 0 Å². The Labute approximate surface area is 92.7 Å². The summed E-state index contributed by atoms with van der Waals surface area (Å²) in [6.45, 7) is 11.7. The summed E-state index contributed by atoms with van der Waals surface area (Å²) in [5, 5.41) is 7.56. The van der Waals surface area contributed by atoms with Gasteiger partial charge in [-0.05, 0) is 0 Å². The van der Waals surface area contributed by atoms with E-state index in [0.29, 0.717) is 3.80 Å². The van der Waals surface area contributed by atoms with Crippen LogP contribution in [-0.2, 0) is 16.1 Å². The SMILES string of the molecule is CC1=C(C)[C](C)([Pt]([CH3])([CH3])[CH3])C(C)=C1C. The third-order valence-corrected chi connectivity index (χ3v) is 12.5. The molecule has 0 saturated heterocycles. The van der Waals surface area contributed by atoms with Gasteiger partial charge in [-0.15, -0.1) is 0 Å².